The van der Waals surface area contributed by atoms with Crippen molar-refractivity contribution < 1.29 is 9.59 Å². The van der Waals surface area contributed by atoms with Gasteiger partial charge in [-0.1, -0.05) is 12.1 Å². The highest BCUT2D eigenvalue weighted by Gasteiger charge is 2.08. The molecule has 3 amide bonds. The number of likely N-dealkylation sites (N-methyl/N-ethyl adjacent to an activating group) is 1. The van der Waals surface area contributed by atoms with Crippen LogP contribution in [0.3, 0.4) is 0 Å². The van der Waals surface area contributed by atoms with E-state index in [0.29, 0.717) is 17.8 Å². The van der Waals surface area contributed by atoms with Crippen molar-refractivity contribution in [3.8, 4) is 0 Å². The molecule has 6 nitrogen and oxygen atoms in total. The molecule has 0 radical (unpaired) electrons. The van der Waals surface area contributed by atoms with E-state index in [-0.39, 0.29) is 5.91 Å². The van der Waals surface area contributed by atoms with E-state index in [0.717, 1.165) is 18.8 Å². The van der Waals surface area contributed by atoms with Crippen LogP contribution in [-0.2, 0) is 0 Å². The number of carbonyl (C=O) groups is 2. The van der Waals surface area contributed by atoms with Gasteiger partial charge in [-0.2, -0.15) is 0 Å². The largest absolute Gasteiger partial charge is 0.370 e. The second-order valence-corrected chi connectivity index (χ2v) is 5.74. The summed E-state index contributed by atoms with van der Waals surface area (Å²) in [5.74, 6) is -0.147. The van der Waals surface area contributed by atoms with Crippen molar-refractivity contribution in [2.75, 3.05) is 29.9 Å². The summed E-state index contributed by atoms with van der Waals surface area (Å²) in [5, 5.41) is 5.38. The molecule has 0 saturated carbocycles. The van der Waals surface area contributed by atoms with Crippen molar-refractivity contribution in [3.63, 3.8) is 0 Å². The van der Waals surface area contributed by atoms with Crippen LogP contribution in [0, 0.1) is 6.92 Å². The molecule has 0 aromatic heterocycles. The van der Waals surface area contributed by atoms with Crippen LogP contribution in [0.1, 0.15) is 22.8 Å². The molecule has 4 N–H and O–H groups in total. The Labute approximate surface area is 148 Å². The molecule has 0 saturated heterocycles. The number of nitrogens with zero attached hydrogens (tertiary/aromatic N) is 1. The van der Waals surface area contributed by atoms with Crippen molar-refractivity contribution in [2.24, 2.45) is 5.73 Å². The Balaban J connectivity index is 1.87. The van der Waals surface area contributed by atoms with Gasteiger partial charge in [0.05, 0.1) is 0 Å². The van der Waals surface area contributed by atoms with E-state index in [2.05, 4.69) is 47.6 Å². The number of carbonyl (C=O) groups excluding carboxylic acids is 2. The molecule has 0 heterocycles. The average molecular weight is 340 g/mol. The lowest BCUT2D eigenvalue weighted by Crippen LogP contribution is -2.35. The summed E-state index contributed by atoms with van der Waals surface area (Å²) in [7, 11) is 0. The molecule has 6 heteroatoms. The topological polar surface area (TPSA) is 87.5 Å². The third kappa shape index (κ3) is 5.53. The Morgan fingerprint density at radius 3 is 2.44 bits per heavy atom. The fourth-order valence-electron chi connectivity index (χ4n) is 2.55. The maximum absolute atomic E-state index is 12.2. The summed E-state index contributed by atoms with van der Waals surface area (Å²) in [6.45, 7) is 6.30. The van der Waals surface area contributed by atoms with Crippen molar-refractivity contribution >= 4 is 23.3 Å². The number of hydrogen-bond donors (Lipinski definition) is 3. The highest BCUT2D eigenvalue weighted by Crippen LogP contribution is 2.15. The zero-order valence-corrected chi connectivity index (χ0v) is 14.6. The van der Waals surface area contributed by atoms with Gasteiger partial charge in [-0.15, -0.1) is 0 Å². The summed E-state index contributed by atoms with van der Waals surface area (Å²) < 4.78 is 0. The van der Waals surface area contributed by atoms with E-state index in [1.54, 1.807) is 24.3 Å². The first-order valence-corrected chi connectivity index (χ1v) is 8.26. The molecular weight excluding hydrogens is 316 g/mol. The smallest absolute Gasteiger partial charge is 0.316 e. The van der Waals surface area contributed by atoms with Crippen molar-refractivity contribution in [3.05, 3.63) is 59.7 Å². The van der Waals surface area contributed by atoms with Crippen LogP contribution in [0.4, 0.5) is 16.2 Å². The van der Waals surface area contributed by atoms with Gasteiger partial charge in [0, 0.05) is 36.6 Å². The number of aryl methyl sites for hydroxylation is 1. The lowest BCUT2D eigenvalue weighted by Gasteiger charge is -2.23. The monoisotopic (exact) mass is 340 g/mol. The predicted molar refractivity (Wildman–Crippen MR) is 101 cm³/mol. The van der Waals surface area contributed by atoms with Gasteiger partial charge in [0.1, 0.15) is 0 Å². The van der Waals surface area contributed by atoms with E-state index < -0.39 is 6.03 Å². The first-order chi connectivity index (χ1) is 12.0. The second kappa shape index (κ2) is 8.73. The molecule has 132 valence electrons. The van der Waals surface area contributed by atoms with Gasteiger partial charge in [-0.3, -0.25) is 4.79 Å². The average Bonchev–Trinajstić information content (AvgIpc) is 2.58. The Hall–Kier alpha value is -3.02. The molecule has 0 atom stereocenters. The highest BCUT2D eigenvalue weighted by molar-refractivity contribution is 5.95. The molecule has 0 aliphatic carbocycles. The number of benzene rings is 2. The first kappa shape index (κ1) is 18.3. The quantitative estimate of drug-likeness (QED) is 0.724. The standard InChI is InChI=1S/C19H24N4O2/c1-3-23(17-6-4-5-14(2)13-17)12-11-21-18(24)15-7-9-16(10-8-15)22-19(20)25/h4-10,13H,3,11-12H2,1-2H3,(H,21,24)(H3,20,22,25). The van der Waals surface area contributed by atoms with Crippen LogP contribution in [-0.4, -0.2) is 31.6 Å². The summed E-state index contributed by atoms with van der Waals surface area (Å²) in [6.07, 6.45) is 0. The van der Waals surface area contributed by atoms with Gasteiger partial charge < -0.3 is 21.3 Å². The maximum atomic E-state index is 12.2. The first-order valence-electron chi connectivity index (χ1n) is 8.26. The number of urea groups is 1. The van der Waals surface area contributed by atoms with Crippen molar-refractivity contribution in [2.45, 2.75) is 13.8 Å². The minimum atomic E-state index is -0.631. The molecule has 2 aromatic carbocycles. The molecule has 2 rings (SSSR count). The third-order valence-corrected chi connectivity index (χ3v) is 3.83. The Kier molecular flexibility index (Phi) is 6.39. The zero-order valence-electron chi connectivity index (χ0n) is 14.6. The predicted octanol–water partition coefficient (Wildman–Crippen LogP) is 2.74. The van der Waals surface area contributed by atoms with E-state index in [4.69, 9.17) is 5.73 Å². The normalized spacial score (nSPS) is 10.2. The second-order valence-electron chi connectivity index (χ2n) is 5.74. The minimum Gasteiger partial charge on any atom is -0.370 e. The number of amides is 3. The van der Waals surface area contributed by atoms with Crippen LogP contribution in [0.15, 0.2) is 48.5 Å². The van der Waals surface area contributed by atoms with Gasteiger partial charge in [0.25, 0.3) is 5.91 Å². The summed E-state index contributed by atoms with van der Waals surface area (Å²) in [5.41, 5.74) is 8.51. The van der Waals surface area contributed by atoms with E-state index in [1.807, 2.05) is 6.07 Å². The van der Waals surface area contributed by atoms with Gasteiger partial charge in [0.15, 0.2) is 0 Å². The molecule has 0 fully saturated rings. The number of primary amides is 1. The molecule has 0 aliphatic rings. The molecule has 2 aromatic rings. The number of nitrogens with one attached hydrogen (secondary N) is 2. The van der Waals surface area contributed by atoms with E-state index >= 15 is 0 Å². The minimum absolute atomic E-state index is 0.147. The Morgan fingerprint density at radius 1 is 1.12 bits per heavy atom. The van der Waals surface area contributed by atoms with Crippen LogP contribution in [0.5, 0.6) is 0 Å². The highest BCUT2D eigenvalue weighted by atomic mass is 16.2. The molecule has 0 unspecified atom stereocenters. The summed E-state index contributed by atoms with van der Waals surface area (Å²) in [6, 6.07) is 14.3. The van der Waals surface area contributed by atoms with Crippen molar-refractivity contribution in [1.29, 1.82) is 0 Å². The number of hydrogen-bond acceptors (Lipinski definition) is 3. The third-order valence-electron chi connectivity index (χ3n) is 3.83. The number of rotatable bonds is 7. The van der Waals surface area contributed by atoms with Gasteiger partial charge in [-0.25, -0.2) is 4.79 Å². The van der Waals surface area contributed by atoms with E-state index in [9.17, 15) is 9.59 Å². The van der Waals surface area contributed by atoms with Crippen LogP contribution < -0.4 is 21.3 Å². The number of nitrogens with two attached hydrogens (primary N) is 1. The SMILES string of the molecule is CCN(CCNC(=O)c1ccc(NC(N)=O)cc1)c1cccc(C)c1. The summed E-state index contributed by atoms with van der Waals surface area (Å²) in [4.78, 5) is 25.2. The van der Waals surface area contributed by atoms with Crippen LogP contribution in [0.25, 0.3) is 0 Å². The fourth-order valence-corrected chi connectivity index (χ4v) is 2.55. The summed E-state index contributed by atoms with van der Waals surface area (Å²) >= 11 is 0. The molecular formula is C19H24N4O2. The maximum Gasteiger partial charge on any atom is 0.316 e. The van der Waals surface area contributed by atoms with E-state index in [1.165, 1.54) is 5.56 Å². The van der Waals surface area contributed by atoms with Crippen LogP contribution >= 0.6 is 0 Å². The Bertz CT molecular complexity index is 728. The fraction of sp³-hybridized carbons (Fsp3) is 0.263. The molecule has 0 aliphatic heterocycles. The number of anilines is 2. The van der Waals surface area contributed by atoms with Crippen molar-refractivity contribution in [1.82, 2.24) is 5.32 Å². The van der Waals surface area contributed by atoms with Gasteiger partial charge in [0.2, 0.25) is 0 Å². The lowest BCUT2D eigenvalue weighted by molar-refractivity contribution is 0.0954. The van der Waals surface area contributed by atoms with Gasteiger partial charge in [-0.05, 0) is 55.8 Å². The van der Waals surface area contributed by atoms with Crippen LogP contribution in [0.2, 0.25) is 0 Å². The Morgan fingerprint density at radius 2 is 1.84 bits per heavy atom. The lowest BCUT2D eigenvalue weighted by atomic mass is 10.2. The van der Waals surface area contributed by atoms with Gasteiger partial charge >= 0.3 is 6.03 Å². The molecule has 0 bridgehead atoms. The molecule has 0 spiro atoms. The zero-order chi connectivity index (χ0) is 18.2. The molecule has 25 heavy (non-hydrogen) atoms.